The maximum atomic E-state index is 13.0. The van der Waals surface area contributed by atoms with Gasteiger partial charge in [-0.05, 0) is 24.1 Å². The smallest absolute Gasteiger partial charge is 0.126 e. The fraction of sp³-hybridized carbons (Fsp3) is 0.200. The highest BCUT2D eigenvalue weighted by molar-refractivity contribution is 6.99. The molecule has 0 bridgehead atoms. The summed E-state index contributed by atoms with van der Waals surface area (Å²) in [5.41, 5.74) is 1.63. The molecule has 0 saturated heterocycles. The van der Waals surface area contributed by atoms with Gasteiger partial charge in [0.15, 0.2) is 0 Å². The molecule has 1 atom stereocenters. The van der Waals surface area contributed by atoms with Crippen molar-refractivity contribution in [2.24, 2.45) is 0 Å². The number of halogens is 1. The Morgan fingerprint density at radius 2 is 2.27 bits per heavy atom. The SMILES string of the molecule is Cc1cc(C(O)c2cnsn2)ccc1F. The van der Waals surface area contributed by atoms with Crippen LogP contribution in [0.3, 0.4) is 0 Å². The highest BCUT2D eigenvalue weighted by Crippen LogP contribution is 2.22. The van der Waals surface area contributed by atoms with Crippen LogP contribution in [0.25, 0.3) is 0 Å². The number of aromatic nitrogens is 2. The Balaban J connectivity index is 2.34. The molecule has 2 aromatic rings. The molecular weight excluding hydrogens is 215 g/mol. The van der Waals surface area contributed by atoms with Crippen molar-refractivity contribution in [3.63, 3.8) is 0 Å². The van der Waals surface area contributed by atoms with Crippen LogP contribution in [-0.2, 0) is 0 Å². The quantitative estimate of drug-likeness (QED) is 0.849. The molecule has 5 heteroatoms. The van der Waals surface area contributed by atoms with Crippen molar-refractivity contribution in [3.8, 4) is 0 Å². The lowest BCUT2D eigenvalue weighted by atomic mass is 10.0. The van der Waals surface area contributed by atoms with Gasteiger partial charge in [0.2, 0.25) is 0 Å². The van der Waals surface area contributed by atoms with E-state index < -0.39 is 6.10 Å². The molecule has 15 heavy (non-hydrogen) atoms. The standard InChI is InChI=1S/C10H9FN2OS/c1-6-4-7(2-3-8(6)11)10(14)9-5-12-15-13-9/h2-5,10,14H,1H3. The first-order valence-electron chi connectivity index (χ1n) is 4.40. The van der Waals surface area contributed by atoms with Crippen LogP contribution in [0.1, 0.15) is 22.9 Å². The number of hydrogen-bond donors (Lipinski definition) is 1. The molecule has 0 spiro atoms. The van der Waals surface area contributed by atoms with Crippen molar-refractivity contribution in [1.82, 2.24) is 8.75 Å². The number of benzene rings is 1. The summed E-state index contributed by atoms with van der Waals surface area (Å²) in [5, 5.41) is 9.88. The van der Waals surface area contributed by atoms with Gasteiger partial charge in [0, 0.05) is 0 Å². The topological polar surface area (TPSA) is 46.0 Å². The van der Waals surface area contributed by atoms with E-state index in [1.165, 1.54) is 12.3 Å². The monoisotopic (exact) mass is 224 g/mol. The third kappa shape index (κ3) is 2.03. The second kappa shape index (κ2) is 4.04. The Bertz CT molecular complexity index is 458. The lowest BCUT2D eigenvalue weighted by molar-refractivity contribution is 0.216. The summed E-state index contributed by atoms with van der Waals surface area (Å²) in [6.45, 7) is 1.66. The minimum Gasteiger partial charge on any atom is -0.382 e. The Morgan fingerprint density at radius 3 is 2.87 bits per heavy atom. The summed E-state index contributed by atoms with van der Waals surface area (Å²) >= 11 is 1.04. The zero-order valence-electron chi connectivity index (χ0n) is 8.01. The molecule has 78 valence electrons. The summed E-state index contributed by atoms with van der Waals surface area (Å²) < 4.78 is 20.7. The molecule has 1 unspecified atom stereocenters. The van der Waals surface area contributed by atoms with Crippen LogP contribution in [0, 0.1) is 12.7 Å². The van der Waals surface area contributed by atoms with Gasteiger partial charge < -0.3 is 5.11 Å². The van der Waals surface area contributed by atoms with E-state index in [0.717, 1.165) is 11.7 Å². The van der Waals surface area contributed by atoms with Crippen LogP contribution in [0.4, 0.5) is 4.39 Å². The van der Waals surface area contributed by atoms with Crippen LogP contribution in [0.15, 0.2) is 24.4 Å². The summed E-state index contributed by atoms with van der Waals surface area (Å²) in [6, 6.07) is 4.50. The first kappa shape index (κ1) is 10.2. The number of nitrogens with zero attached hydrogens (tertiary/aromatic N) is 2. The molecule has 1 aromatic heterocycles. The summed E-state index contributed by atoms with van der Waals surface area (Å²) in [5.74, 6) is -0.276. The fourth-order valence-corrected chi connectivity index (χ4v) is 1.74. The van der Waals surface area contributed by atoms with Gasteiger partial charge in [-0.3, -0.25) is 0 Å². The lowest BCUT2D eigenvalue weighted by Gasteiger charge is -2.08. The highest BCUT2D eigenvalue weighted by atomic mass is 32.1. The summed E-state index contributed by atoms with van der Waals surface area (Å²) in [4.78, 5) is 0. The molecule has 0 fully saturated rings. The normalized spacial score (nSPS) is 12.7. The molecule has 2 rings (SSSR count). The van der Waals surface area contributed by atoms with Gasteiger partial charge in [0.1, 0.15) is 17.6 Å². The van der Waals surface area contributed by atoms with Crippen molar-refractivity contribution in [3.05, 3.63) is 47.0 Å². The molecule has 1 N–H and O–H groups in total. The van der Waals surface area contributed by atoms with Gasteiger partial charge in [-0.2, -0.15) is 8.75 Å². The van der Waals surface area contributed by atoms with E-state index in [2.05, 4.69) is 8.75 Å². The Labute approximate surface area is 90.5 Å². The third-order valence-electron chi connectivity index (χ3n) is 2.16. The van der Waals surface area contributed by atoms with Gasteiger partial charge >= 0.3 is 0 Å². The number of aliphatic hydroxyl groups is 1. The fourth-order valence-electron chi connectivity index (χ4n) is 1.30. The van der Waals surface area contributed by atoms with Crippen molar-refractivity contribution in [2.45, 2.75) is 13.0 Å². The molecule has 0 saturated carbocycles. The molecule has 1 aromatic carbocycles. The van der Waals surface area contributed by atoms with E-state index in [1.807, 2.05) is 0 Å². The van der Waals surface area contributed by atoms with Crippen molar-refractivity contribution in [2.75, 3.05) is 0 Å². The van der Waals surface area contributed by atoms with Gasteiger partial charge in [0.05, 0.1) is 17.9 Å². The van der Waals surface area contributed by atoms with E-state index in [-0.39, 0.29) is 5.82 Å². The van der Waals surface area contributed by atoms with E-state index in [4.69, 9.17) is 0 Å². The maximum Gasteiger partial charge on any atom is 0.126 e. The summed E-state index contributed by atoms with van der Waals surface area (Å²) in [6.07, 6.45) is 0.677. The molecule has 0 aliphatic heterocycles. The average molecular weight is 224 g/mol. The van der Waals surface area contributed by atoms with Gasteiger partial charge in [-0.15, -0.1) is 0 Å². The van der Waals surface area contributed by atoms with Crippen molar-refractivity contribution in [1.29, 1.82) is 0 Å². The Kier molecular flexibility index (Phi) is 2.75. The second-order valence-electron chi connectivity index (χ2n) is 3.24. The predicted octanol–water partition coefficient (Wildman–Crippen LogP) is 2.07. The van der Waals surface area contributed by atoms with Crippen molar-refractivity contribution < 1.29 is 9.50 Å². The average Bonchev–Trinajstić information content (AvgIpc) is 2.74. The highest BCUT2D eigenvalue weighted by Gasteiger charge is 2.13. The Hall–Kier alpha value is -1.33. The van der Waals surface area contributed by atoms with Gasteiger partial charge in [0.25, 0.3) is 0 Å². The molecule has 0 radical (unpaired) electrons. The molecule has 0 aliphatic rings. The van der Waals surface area contributed by atoms with E-state index in [1.54, 1.807) is 19.1 Å². The first-order chi connectivity index (χ1) is 7.18. The summed E-state index contributed by atoms with van der Waals surface area (Å²) in [7, 11) is 0. The van der Waals surface area contributed by atoms with Crippen LogP contribution >= 0.6 is 11.7 Å². The van der Waals surface area contributed by atoms with E-state index in [0.29, 0.717) is 16.8 Å². The molecular formula is C10H9FN2OS. The number of hydrogen-bond acceptors (Lipinski definition) is 4. The van der Waals surface area contributed by atoms with Crippen LogP contribution in [0.5, 0.6) is 0 Å². The second-order valence-corrected chi connectivity index (χ2v) is 3.80. The number of rotatable bonds is 2. The molecule has 0 aliphatic carbocycles. The third-order valence-corrected chi connectivity index (χ3v) is 2.65. The van der Waals surface area contributed by atoms with Crippen LogP contribution in [-0.4, -0.2) is 13.9 Å². The molecule has 0 amide bonds. The zero-order valence-corrected chi connectivity index (χ0v) is 8.83. The minimum absolute atomic E-state index is 0.276. The molecule has 3 nitrogen and oxygen atoms in total. The van der Waals surface area contributed by atoms with E-state index >= 15 is 0 Å². The van der Waals surface area contributed by atoms with Gasteiger partial charge in [-0.1, -0.05) is 12.1 Å². The maximum absolute atomic E-state index is 13.0. The zero-order chi connectivity index (χ0) is 10.8. The largest absolute Gasteiger partial charge is 0.382 e. The predicted molar refractivity (Wildman–Crippen MR) is 55.1 cm³/mol. The molecule has 1 heterocycles. The van der Waals surface area contributed by atoms with Crippen LogP contribution in [0.2, 0.25) is 0 Å². The number of aryl methyl sites for hydroxylation is 1. The number of aliphatic hydroxyl groups excluding tert-OH is 1. The van der Waals surface area contributed by atoms with Crippen molar-refractivity contribution >= 4 is 11.7 Å². The van der Waals surface area contributed by atoms with Gasteiger partial charge in [-0.25, -0.2) is 4.39 Å². The van der Waals surface area contributed by atoms with E-state index in [9.17, 15) is 9.50 Å². The van der Waals surface area contributed by atoms with Crippen LogP contribution < -0.4 is 0 Å². The Morgan fingerprint density at radius 1 is 1.47 bits per heavy atom. The first-order valence-corrected chi connectivity index (χ1v) is 5.13. The lowest BCUT2D eigenvalue weighted by Crippen LogP contribution is -2.00. The minimum atomic E-state index is -0.831.